The van der Waals surface area contributed by atoms with Gasteiger partial charge in [0.15, 0.2) is 0 Å². The molecule has 110 valence electrons. The minimum absolute atomic E-state index is 0.757. The summed E-state index contributed by atoms with van der Waals surface area (Å²) in [6.07, 6.45) is 12.4. The summed E-state index contributed by atoms with van der Waals surface area (Å²) in [5, 5.41) is 0. The van der Waals surface area contributed by atoms with Crippen molar-refractivity contribution in [1.29, 1.82) is 0 Å². The second-order valence-corrected chi connectivity index (χ2v) is 8.71. The lowest BCUT2D eigenvalue weighted by atomic mass is 9.56. The molecular weight excluding hydrogens is 228 g/mol. The zero-order valence-electron chi connectivity index (χ0n) is 13.6. The molecular formula is C19H34. The molecule has 0 N–H and O–H groups in total. The van der Waals surface area contributed by atoms with E-state index in [1.807, 2.05) is 0 Å². The molecule has 0 spiro atoms. The van der Waals surface area contributed by atoms with E-state index < -0.39 is 0 Å². The summed E-state index contributed by atoms with van der Waals surface area (Å²) >= 11 is 0. The van der Waals surface area contributed by atoms with Crippen molar-refractivity contribution in [1.82, 2.24) is 0 Å². The van der Waals surface area contributed by atoms with Crippen LogP contribution >= 0.6 is 0 Å². The first-order valence-electron chi connectivity index (χ1n) is 9.05. The zero-order valence-corrected chi connectivity index (χ0v) is 13.6. The van der Waals surface area contributed by atoms with Gasteiger partial charge in [0.05, 0.1) is 0 Å². The van der Waals surface area contributed by atoms with Gasteiger partial charge in [-0.3, -0.25) is 0 Å². The van der Waals surface area contributed by atoms with Crippen LogP contribution in [-0.2, 0) is 0 Å². The third kappa shape index (κ3) is 2.28. The van der Waals surface area contributed by atoms with Crippen molar-refractivity contribution in [3.05, 3.63) is 0 Å². The molecule has 0 aromatic carbocycles. The van der Waals surface area contributed by atoms with Crippen LogP contribution < -0.4 is 0 Å². The monoisotopic (exact) mass is 262 g/mol. The van der Waals surface area contributed by atoms with Crippen LogP contribution in [0.4, 0.5) is 0 Å². The second kappa shape index (κ2) is 5.08. The Balaban J connectivity index is 1.90. The highest BCUT2D eigenvalue weighted by atomic mass is 14.6. The van der Waals surface area contributed by atoms with E-state index in [0.717, 1.165) is 40.9 Å². The molecule has 3 fully saturated rings. The summed E-state index contributed by atoms with van der Waals surface area (Å²) in [4.78, 5) is 0. The highest BCUT2D eigenvalue weighted by Crippen LogP contribution is 2.68. The standard InChI is InChI=1S/C19H34/c1-13(2)12-19(16-8-9-16)17(14(3)4)10-11-18(19)15-6-5-7-15/h13-18H,5-12H2,1-4H3. The van der Waals surface area contributed by atoms with E-state index in [0.29, 0.717) is 0 Å². The van der Waals surface area contributed by atoms with Gasteiger partial charge < -0.3 is 0 Å². The fraction of sp³-hybridized carbons (Fsp3) is 1.00. The molecule has 0 nitrogen and oxygen atoms in total. The molecule has 0 radical (unpaired) electrons. The van der Waals surface area contributed by atoms with Crippen molar-refractivity contribution in [2.45, 2.75) is 79.1 Å². The third-order valence-corrected chi connectivity index (χ3v) is 6.79. The third-order valence-electron chi connectivity index (χ3n) is 6.79. The van der Waals surface area contributed by atoms with E-state index in [4.69, 9.17) is 0 Å². The minimum atomic E-state index is 0.757. The molecule has 0 heteroatoms. The molecule has 0 heterocycles. The minimum Gasteiger partial charge on any atom is -0.0628 e. The normalized spacial score (nSPS) is 40.1. The second-order valence-electron chi connectivity index (χ2n) is 8.71. The van der Waals surface area contributed by atoms with E-state index in [9.17, 15) is 0 Å². The van der Waals surface area contributed by atoms with Gasteiger partial charge in [0.1, 0.15) is 0 Å². The maximum absolute atomic E-state index is 2.51. The van der Waals surface area contributed by atoms with Gasteiger partial charge >= 0.3 is 0 Å². The van der Waals surface area contributed by atoms with Crippen LogP contribution in [0.25, 0.3) is 0 Å². The van der Waals surface area contributed by atoms with Gasteiger partial charge in [-0.15, -0.1) is 0 Å². The van der Waals surface area contributed by atoms with Crippen LogP contribution in [0.1, 0.15) is 79.1 Å². The van der Waals surface area contributed by atoms with E-state index in [1.165, 1.54) is 12.8 Å². The molecule has 3 atom stereocenters. The molecule has 3 aliphatic rings. The molecule has 3 unspecified atom stereocenters. The highest BCUT2D eigenvalue weighted by Gasteiger charge is 2.60. The van der Waals surface area contributed by atoms with Crippen molar-refractivity contribution in [3.8, 4) is 0 Å². The Morgan fingerprint density at radius 2 is 1.58 bits per heavy atom. The van der Waals surface area contributed by atoms with Crippen molar-refractivity contribution in [3.63, 3.8) is 0 Å². The molecule has 3 saturated carbocycles. The van der Waals surface area contributed by atoms with Gasteiger partial charge in [-0.2, -0.15) is 0 Å². The zero-order chi connectivity index (χ0) is 13.6. The van der Waals surface area contributed by atoms with Gasteiger partial charge in [-0.25, -0.2) is 0 Å². The molecule has 0 aromatic heterocycles. The molecule has 0 saturated heterocycles. The molecule has 3 aliphatic carbocycles. The fourth-order valence-corrected chi connectivity index (χ4v) is 6.05. The Labute approximate surface area is 120 Å². The van der Waals surface area contributed by atoms with Gasteiger partial charge in [0.25, 0.3) is 0 Å². The van der Waals surface area contributed by atoms with Crippen molar-refractivity contribution in [2.24, 2.45) is 40.9 Å². The fourth-order valence-electron chi connectivity index (χ4n) is 6.05. The van der Waals surface area contributed by atoms with Gasteiger partial charge in [-0.1, -0.05) is 47.0 Å². The Morgan fingerprint density at radius 1 is 0.895 bits per heavy atom. The smallest absolute Gasteiger partial charge is 0.0205 e. The van der Waals surface area contributed by atoms with Crippen LogP contribution in [0.15, 0.2) is 0 Å². The van der Waals surface area contributed by atoms with Gasteiger partial charge in [-0.05, 0) is 73.0 Å². The Hall–Kier alpha value is 0. The SMILES string of the molecule is CC(C)CC1(C2CC2)C(C(C)C)CCC1C1CCC1. The van der Waals surface area contributed by atoms with Crippen molar-refractivity contribution < 1.29 is 0 Å². The van der Waals surface area contributed by atoms with Crippen LogP contribution in [0.2, 0.25) is 0 Å². The van der Waals surface area contributed by atoms with Crippen LogP contribution in [0.5, 0.6) is 0 Å². The van der Waals surface area contributed by atoms with E-state index in [1.54, 1.807) is 38.5 Å². The summed E-state index contributed by atoms with van der Waals surface area (Å²) in [6, 6.07) is 0. The quantitative estimate of drug-likeness (QED) is 0.577. The number of hydrogen-bond acceptors (Lipinski definition) is 0. The van der Waals surface area contributed by atoms with E-state index in [2.05, 4.69) is 27.7 Å². The lowest BCUT2D eigenvalue weighted by Crippen LogP contribution is -2.42. The molecule has 0 amide bonds. The van der Waals surface area contributed by atoms with Gasteiger partial charge in [0, 0.05) is 0 Å². The lowest BCUT2D eigenvalue weighted by Gasteiger charge is -2.49. The summed E-state index contributed by atoms with van der Waals surface area (Å²) in [7, 11) is 0. The van der Waals surface area contributed by atoms with Crippen molar-refractivity contribution >= 4 is 0 Å². The Kier molecular flexibility index (Phi) is 3.73. The highest BCUT2D eigenvalue weighted by molar-refractivity contribution is 5.09. The maximum Gasteiger partial charge on any atom is -0.0205 e. The first-order valence-corrected chi connectivity index (χ1v) is 9.05. The first-order chi connectivity index (χ1) is 9.05. The molecule has 0 aromatic rings. The summed E-state index contributed by atoms with van der Waals surface area (Å²) in [6.45, 7) is 9.95. The predicted molar refractivity (Wildman–Crippen MR) is 83.0 cm³/mol. The summed E-state index contributed by atoms with van der Waals surface area (Å²) in [5.74, 6) is 6.15. The topological polar surface area (TPSA) is 0 Å². The van der Waals surface area contributed by atoms with Gasteiger partial charge in [0.2, 0.25) is 0 Å². The number of hydrogen-bond donors (Lipinski definition) is 0. The van der Waals surface area contributed by atoms with E-state index in [-0.39, 0.29) is 0 Å². The van der Waals surface area contributed by atoms with Crippen molar-refractivity contribution in [2.75, 3.05) is 0 Å². The molecule has 0 aliphatic heterocycles. The average molecular weight is 262 g/mol. The van der Waals surface area contributed by atoms with Crippen LogP contribution in [0.3, 0.4) is 0 Å². The maximum atomic E-state index is 2.51. The Bertz CT molecular complexity index is 308. The van der Waals surface area contributed by atoms with E-state index >= 15 is 0 Å². The average Bonchev–Trinajstić information content (AvgIpc) is 3.02. The molecule has 3 rings (SSSR count). The summed E-state index contributed by atoms with van der Waals surface area (Å²) in [5.41, 5.74) is 0.757. The van der Waals surface area contributed by atoms with Crippen LogP contribution in [0, 0.1) is 40.9 Å². The predicted octanol–water partition coefficient (Wildman–Crippen LogP) is 5.91. The lowest BCUT2D eigenvalue weighted by molar-refractivity contribution is -0.00531. The van der Waals surface area contributed by atoms with Crippen LogP contribution in [-0.4, -0.2) is 0 Å². The summed E-state index contributed by atoms with van der Waals surface area (Å²) < 4.78 is 0. The molecule has 19 heavy (non-hydrogen) atoms. The number of rotatable bonds is 5. The molecule has 0 bridgehead atoms. The first kappa shape index (κ1) is 14.0. The Morgan fingerprint density at radius 3 is 2.00 bits per heavy atom. The largest absolute Gasteiger partial charge is 0.0628 e.